The molecule has 186 valence electrons. The smallest absolute Gasteiger partial charge is 0.406 e. The summed E-state index contributed by atoms with van der Waals surface area (Å²) in [6.45, 7) is 4.55. The van der Waals surface area contributed by atoms with E-state index in [1.54, 1.807) is 18.2 Å². The lowest BCUT2D eigenvalue weighted by Crippen LogP contribution is -2.59. The summed E-state index contributed by atoms with van der Waals surface area (Å²) in [5, 5.41) is 11.4. The Bertz CT molecular complexity index is 976. The molecule has 1 heterocycles. The van der Waals surface area contributed by atoms with Gasteiger partial charge in [0.25, 0.3) is 0 Å². The van der Waals surface area contributed by atoms with Gasteiger partial charge in [-0.2, -0.15) is 0 Å². The van der Waals surface area contributed by atoms with Crippen molar-refractivity contribution in [3.8, 4) is 5.75 Å². The van der Waals surface area contributed by atoms with Gasteiger partial charge in [0.1, 0.15) is 5.75 Å². The highest BCUT2D eigenvalue weighted by molar-refractivity contribution is 5.89. The predicted molar refractivity (Wildman–Crippen MR) is 122 cm³/mol. The van der Waals surface area contributed by atoms with Crippen molar-refractivity contribution in [3.63, 3.8) is 0 Å². The van der Waals surface area contributed by atoms with Crippen LogP contribution in [0.25, 0.3) is 0 Å². The summed E-state index contributed by atoms with van der Waals surface area (Å²) in [6.07, 6.45) is 4.41. The van der Waals surface area contributed by atoms with Crippen LogP contribution in [-0.4, -0.2) is 41.5 Å². The van der Waals surface area contributed by atoms with E-state index in [1.165, 1.54) is 12.1 Å². The van der Waals surface area contributed by atoms with E-state index in [9.17, 15) is 23.1 Å². The van der Waals surface area contributed by atoms with Crippen LogP contribution >= 0.6 is 0 Å². The maximum atomic E-state index is 12.5. The molecule has 5 rings (SSSR count). The van der Waals surface area contributed by atoms with Gasteiger partial charge in [-0.1, -0.05) is 32.1 Å². The molecule has 1 aliphatic heterocycles. The third-order valence-electron chi connectivity index (χ3n) is 9.90. The van der Waals surface area contributed by atoms with E-state index in [1.807, 2.05) is 11.9 Å². The van der Waals surface area contributed by atoms with Gasteiger partial charge in [0.2, 0.25) is 5.91 Å². The average Bonchev–Trinajstić information content (AvgIpc) is 3.02. The van der Waals surface area contributed by atoms with Crippen molar-refractivity contribution in [3.05, 3.63) is 42.0 Å². The molecule has 1 N–H and O–H groups in total. The summed E-state index contributed by atoms with van der Waals surface area (Å²) >= 11 is 0. The molecular weight excluding hydrogens is 443 g/mol. The molecule has 0 radical (unpaired) electrons. The Morgan fingerprint density at radius 1 is 1.12 bits per heavy atom. The van der Waals surface area contributed by atoms with E-state index in [-0.39, 0.29) is 34.4 Å². The predicted octanol–water partition coefficient (Wildman–Crippen LogP) is 5.35. The van der Waals surface area contributed by atoms with Crippen molar-refractivity contribution in [2.45, 2.75) is 70.9 Å². The molecule has 1 aromatic rings. The number of likely N-dealkylation sites (N-methyl/N-ethyl adjacent to an activating group) is 1. The summed E-state index contributed by atoms with van der Waals surface area (Å²) < 4.78 is 41.4. The molecule has 3 aliphatic carbocycles. The monoisotopic (exact) mass is 477 g/mol. The van der Waals surface area contributed by atoms with E-state index in [0.717, 1.165) is 37.7 Å². The number of alkyl halides is 3. The minimum atomic E-state index is -4.70. The van der Waals surface area contributed by atoms with Gasteiger partial charge in [-0.3, -0.25) is 4.79 Å². The molecule has 1 amide bonds. The quantitative estimate of drug-likeness (QED) is 0.638. The van der Waals surface area contributed by atoms with E-state index < -0.39 is 12.5 Å². The minimum Gasteiger partial charge on any atom is -0.406 e. The second-order valence-electron chi connectivity index (χ2n) is 11.5. The normalized spacial score (nSPS) is 41.6. The van der Waals surface area contributed by atoms with Crippen LogP contribution in [0.1, 0.15) is 51.5 Å². The number of halogens is 3. The van der Waals surface area contributed by atoms with Gasteiger partial charge < -0.3 is 14.7 Å². The molecule has 0 spiro atoms. The molecule has 0 aromatic heterocycles. The molecule has 34 heavy (non-hydrogen) atoms. The first-order chi connectivity index (χ1) is 15.9. The van der Waals surface area contributed by atoms with Gasteiger partial charge in [0, 0.05) is 18.5 Å². The van der Waals surface area contributed by atoms with Gasteiger partial charge in [-0.25, -0.2) is 0 Å². The van der Waals surface area contributed by atoms with Crippen LogP contribution in [0.4, 0.5) is 13.2 Å². The molecule has 3 fully saturated rings. The first-order valence-corrected chi connectivity index (χ1v) is 12.4. The van der Waals surface area contributed by atoms with Crippen LogP contribution < -0.4 is 4.74 Å². The number of ether oxygens (including phenoxy) is 1. The number of aliphatic hydroxyl groups excluding tert-OH is 1. The summed E-state index contributed by atoms with van der Waals surface area (Å²) in [7, 11) is 1.92. The largest absolute Gasteiger partial charge is 0.573 e. The zero-order valence-electron chi connectivity index (χ0n) is 20.0. The van der Waals surface area contributed by atoms with Gasteiger partial charge in [-0.15, -0.1) is 13.2 Å². The van der Waals surface area contributed by atoms with Crippen molar-refractivity contribution in [1.29, 1.82) is 0 Å². The number of nitrogens with zero attached hydrogens (tertiary/aromatic N) is 1. The second kappa shape index (κ2) is 8.00. The molecule has 8 atom stereocenters. The molecule has 3 unspecified atom stereocenters. The number of hydrogen-bond acceptors (Lipinski definition) is 3. The summed E-state index contributed by atoms with van der Waals surface area (Å²) in [6, 6.07) is 6.28. The SMILES string of the molecule is CN1C(=O)C=C[C@@]2(C)C1CC[C@@H]1[C@H]2CC[C@]2(C)C(O)C(Cc3ccc(OC(F)(F)F)cc3)C[C@@H]12. The van der Waals surface area contributed by atoms with Crippen molar-refractivity contribution in [2.75, 3.05) is 7.05 Å². The van der Waals surface area contributed by atoms with Gasteiger partial charge in [0.05, 0.1) is 6.10 Å². The zero-order chi connectivity index (χ0) is 24.5. The van der Waals surface area contributed by atoms with E-state index in [2.05, 4.69) is 24.7 Å². The van der Waals surface area contributed by atoms with Gasteiger partial charge >= 0.3 is 6.36 Å². The van der Waals surface area contributed by atoms with Crippen molar-refractivity contribution >= 4 is 5.91 Å². The molecule has 0 bridgehead atoms. The number of fused-ring (bicyclic) bond motifs is 5. The second-order valence-corrected chi connectivity index (χ2v) is 11.5. The van der Waals surface area contributed by atoms with Crippen LogP contribution in [0.3, 0.4) is 0 Å². The maximum absolute atomic E-state index is 12.5. The Morgan fingerprint density at radius 3 is 2.50 bits per heavy atom. The van der Waals surface area contributed by atoms with Gasteiger partial charge in [-0.05, 0) is 91.4 Å². The molecule has 1 aromatic carbocycles. The first-order valence-electron chi connectivity index (χ1n) is 12.4. The van der Waals surface area contributed by atoms with Crippen LogP contribution in [0.2, 0.25) is 0 Å². The summed E-state index contributed by atoms with van der Waals surface area (Å²) in [5.41, 5.74) is 0.738. The molecule has 3 saturated carbocycles. The Balaban J connectivity index is 1.34. The number of carbonyl (C=O) groups excluding carboxylic acids is 1. The fraction of sp³-hybridized carbons (Fsp3) is 0.667. The van der Waals surface area contributed by atoms with Crippen molar-refractivity contribution in [1.82, 2.24) is 4.90 Å². The topological polar surface area (TPSA) is 49.8 Å². The van der Waals surface area contributed by atoms with Crippen molar-refractivity contribution in [2.24, 2.45) is 34.5 Å². The lowest BCUT2D eigenvalue weighted by molar-refractivity contribution is -0.274. The maximum Gasteiger partial charge on any atom is 0.573 e. The third-order valence-corrected chi connectivity index (χ3v) is 9.90. The number of rotatable bonds is 3. The molecule has 7 heteroatoms. The highest BCUT2D eigenvalue weighted by Crippen LogP contribution is 2.65. The number of amides is 1. The fourth-order valence-corrected chi connectivity index (χ4v) is 8.22. The fourth-order valence-electron chi connectivity index (χ4n) is 8.22. The Morgan fingerprint density at radius 2 is 1.82 bits per heavy atom. The molecule has 4 nitrogen and oxygen atoms in total. The summed E-state index contributed by atoms with van der Waals surface area (Å²) in [4.78, 5) is 14.2. The zero-order valence-corrected chi connectivity index (χ0v) is 20.0. The Labute approximate surface area is 199 Å². The van der Waals surface area contributed by atoms with Crippen molar-refractivity contribution < 1.29 is 27.8 Å². The number of benzene rings is 1. The van der Waals surface area contributed by atoms with Crippen LogP contribution in [-0.2, 0) is 11.2 Å². The molecule has 0 saturated heterocycles. The highest BCUT2D eigenvalue weighted by atomic mass is 19.4. The molecule has 4 aliphatic rings. The number of aliphatic hydroxyl groups is 1. The first kappa shape index (κ1) is 23.7. The Kier molecular flexibility index (Phi) is 5.58. The van der Waals surface area contributed by atoms with Gasteiger partial charge in [0.15, 0.2) is 0 Å². The lowest BCUT2D eigenvalue weighted by Gasteiger charge is -2.60. The average molecular weight is 478 g/mol. The standard InChI is InChI=1S/C27H34F3NO3/c1-25-13-11-23(32)31(3)22(25)9-8-19-20(25)10-12-26(2)21(19)15-17(24(26)33)14-16-4-6-18(7-5-16)34-27(28,29)30/h4-7,11,13,17,19-22,24,33H,8-10,12,14-15H2,1-3H3/t17?,19-,20-,21+,22?,24?,25-,26+/m1/s1. The highest BCUT2D eigenvalue weighted by Gasteiger charge is 2.62. The number of hydrogen-bond donors (Lipinski definition) is 1. The third kappa shape index (κ3) is 3.75. The van der Waals surface area contributed by atoms with Crippen LogP contribution in [0, 0.1) is 34.5 Å². The Hall–Kier alpha value is -2.02. The van der Waals surface area contributed by atoms with Crippen LogP contribution in [0.5, 0.6) is 5.75 Å². The van der Waals surface area contributed by atoms with E-state index >= 15 is 0 Å². The minimum absolute atomic E-state index is 0.0374. The molecular formula is C27H34F3NO3. The van der Waals surface area contributed by atoms with E-state index in [0.29, 0.717) is 24.2 Å². The van der Waals surface area contributed by atoms with E-state index in [4.69, 9.17) is 0 Å². The lowest BCUT2D eigenvalue weighted by atomic mass is 9.48. The summed E-state index contributed by atoms with van der Waals surface area (Å²) in [5.74, 6) is 1.35. The number of carbonyl (C=O) groups is 1. The van der Waals surface area contributed by atoms with Crippen LogP contribution in [0.15, 0.2) is 36.4 Å².